The number of aromatic nitrogens is 1. The van der Waals surface area contributed by atoms with Gasteiger partial charge in [0.1, 0.15) is 21.7 Å². The van der Waals surface area contributed by atoms with E-state index in [-0.39, 0.29) is 12.7 Å². The van der Waals surface area contributed by atoms with Gasteiger partial charge in [0.25, 0.3) is 0 Å². The molecule has 28 heavy (non-hydrogen) atoms. The van der Waals surface area contributed by atoms with Gasteiger partial charge < -0.3 is 14.4 Å². The van der Waals surface area contributed by atoms with Crippen molar-refractivity contribution in [3.05, 3.63) is 55.6 Å². The van der Waals surface area contributed by atoms with Crippen molar-refractivity contribution in [3.63, 3.8) is 0 Å². The number of hydrogen-bond acceptors (Lipinski definition) is 4. The van der Waals surface area contributed by atoms with E-state index < -0.39 is 11.4 Å². The van der Waals surface area contributed by atoms with E-state index in [0.717, 1.165) is 11.3 Å². The van der Waals surface area contributed by atoms with Crippen molar-refractivity contribution in [2.45, 2.75) is 45.9 Å². The van der Waals surface area contributed by atoms with Crippen molar-refractivity contribution in [2.24, 2.45) is 0 Å². The van der Waals surface area contributed by atoms with Crippen LogP contribution in [-0.4, -0.2) is 28.1 Å². The minimum absolute atomic E-state index is 0.0647. The Morgan fingerprint density at radius 2 is 2.11 bits per heavy atom. The molecule has 1 aromatic heterocycles. The number of carbonyl (C=O) groups excluding carboxylic acids is 1. The lowest BCUT2D eigenvalue weighted by molar-refractivity contribution is 0.0222. The fraction of sp³-hybridized carbons (Fsp3) is 0.400. The summed E-state index contributed by atoms with van der Waals surface area (Å²) in [6.07, 6.45) is 0.304. The summed E-state index contributed by atoms with van der Waals surface area (Å²) in [7, 11) is 0. The Bertz CT molecular complexity index is 902. The second-order valence-corrected chi connectivity index (χ2v) is 9.02. The van der Waals surface area contributed by atoms with Crippen molar-refractivity contribution >= 4 is 40.3 Å². The van der Waals surface area contributed by atoms with Gasteiger partial charge in [0, 0.05) is 29.2 Å². The summed E-state index contributed by atoms with van der Waals surface area (Å²) in [5.41, 5.74) is 1.71. The largest absolute Gasteiger partial charge is 0.486 e. The number of rotatable bonds is 3. The molecule has 0 unspecified atom stereocenters. The molecule has 0 radical (unpaired) electrons. The SMILES string of the molecule is CC(C)(C)OC(=O)N1CCc2nc(I)c(OCc3ccc(Cl)cc3F)cc2C1. The molecule has 150 valence electrons. The van der Waals surface area contributed by atoms with Crippen molar-refractivity contribution in [1.29, 1.82) is 0 Å². The second-order valence-electron chi connectivity index (χ2n) is 7.56. The van der Waals surface area contributed by atoms with E-state index in [9.17, 15) is 9.18 Å². The molecule has 8 heteroatoms. The van der Waals surface area contributed by atoms with E-state index in [1.807, 2.05) is 26.8 Å². The molecular weight excluding hydrogens is 498 g/mol. The zero-order valence-corrected chi connectivity index (χ0v) is 18.8. The van der Waals surface area contributed by atoms with Gasteiger partial charge in [0.05, 0.1) is 6.54 Å². The van der Waals surface area contributed by atoms with Crippen LogP contribution in [0.2, 0.25) is 5.02 Å². The molecule has 1 aromatic carbocycles. The summed E-state index contributed by atoms with van der Waals surface area (Å²) < 4.78 is 25.9. The summed E-state index contributed by atoms with van der Waals surface area (Å²) in [5, 5.41) is 0.341. The van der Waals surface area contributed by atoms with Gasteiger partial charge in [-0.1, -0.05) is 17.7 Å². The predicted octanol–water partition coefficient (Wildman–Crippen LogP) is 5.35. The van der Waals surface area contributed by atoms with Crippen molar-refractivity contribution in [2.75, 3.05) is 6.54 Å². The number of benzene rings is 1. The van der Waals surface area contributed by atoms with Crippen molar-refractivity contribution < 1.29 is 18.7 Å². The Balaban J connectivity index is 1.73. The van der Waals surface area contributed by atoms with E-state index in [4.69, 9.17) is 21.1 Å². The number of ether oxygens (including phenoxy) is 2. The number of hydrogen-bond donors (Lipinski definition) is 0. The first kappa shape index (κ1) is 21.1. The van der Waals surface area contributed by atoms with Crippen LogP contribution in [0.1, 0.15) is 37.6 Å². The number of amides is 1. The highest BCUT2D eigenvalue weighted by Crippen LogP contribution is 2.28. The Morgan fingerprint density at radius 1 is 1.36 bits per heavy atom. The predicted molar refractivity (Wildman–Crippen MR) is 113 cm³/mol. The highest BCUT2D eigenvalue weighted by atomic mass is 127. The summed E-state index contributed by atoms with van der Waals surface area (Å²) in [5.74, 6) is 0.143. The molecule has 1 aliphatic rings. The third-order valence-electron chi connectivity index (χ3n) is 4.14. The van der Waals surface area contributed by atoms with Crippen molar-refractivity contribution in [3.8, 4) is 5.75 Å². The quantitative estimate of drug-likeness (QED) is 0.406. The van der Waals surface area contributed by atoms with Crippen LogP contribution in [0.25, 0.3) is 0 Å². The van der Waals surface area contributed by atoms with Crippen LogP contribution >= 0.6 is 34.2 Å². The fourth-order valence-electron chi connectivity index (χ4n) is 2.80. The van der Waals surface area contributed by atoms with Gasteiger partial charge in [-0.2, -0.15) is 0 Å². The van der Waals surface area contributed by atoms with Gasteiger partial charge >= 0.3 is 6.09 Å². The van der Waals surface area contributed by atoms with Crippen LogP contribution in [0.15, 0.2) is 24.3 Å². The molecular formula is C20H21ClFIN2O3. The molecule has 3 rings (SSSR count). The number of carbonyl (C=O) groups is 1. The van der Waals surface area contributed by atoms with Gasteiger partial charge in [-0.25, -0.2) is 14.2 Å². The van der Waals surface area contributed by atoms with Crippen LogP contribution in [0.3, 0.4) is 0 Å². The first-order chi connectivity index (χ1) is 13.1. The fourth-order valence-corrected chi connectivity index (χ4v) is 3.56. The topological polar surface area (TPSA) is 51.7 Å². The average molecular weight is 519 g/mol. The lowest BCUT2D eigenvalue weighted by Crippen LogP contribution is -2.40. The average Bonchev–Trinajstić information content (AvgIpc) is 2.59. The summed E-state index contributed by atoms with van der Waals surface area (Å²) in [4.78, 5) is 18.6. The van der Waals surface area contributed by atoms with E-state index >= 15 is 0 Å². The smallest absolute Gasteiger partial charge is 0.410 e. The third-order valence-corrected chi connectivity index (χ3v) is 5.15. The monoisotopic (exact) mass is 518 g/mol. The minimum atomic E-state index is -0.543. The van der Waals surface area contributed by atoms with Gasteiger partial charge in [-0.3, -0.25) is 0 Å². The Hall–Kier alpha value is -1.61. The Morgan fingerprint density at radius 3 is 2.79 bits per heavy atom. The zero-order valence-electron chi connectivity index (χ0n) is 15.9. The molecule has 0 spiro atoms. The minimum Gasteiger partial charge on any atom is -0.486 e. The maximum Gasteiger partial charge on any atom is 0.410 e. The molecule has 5 nitrogen and oxygen atoms in total. The highest BCUT2D eigenvalue weighted by Gasteiger charge is 2.27. The molecule has 0 aliphatic carbocycles. The molecule has 0 atom stereocenters. The molecule has 0 saturated heterocycles. The van der Waals surface area contributed by atoms with Crippen LogP contribution in [0, 0.1) is 9.52 Å². The van der Waals surface area contributed by atoms with E-state index in [0.29, 0.717) is 39.5 Å². The first-order valence-electron chi connectivity index (χ1n) is 8.85. The van der Waals surface area contributed by atoms with E-state index in [1.165, 1.54) is 6.07 Å². The van der Waals surface area contributed by atoms with Crippen LogP contribution in [-0.2, 0) is 24.3 Å². The van der Waals surface area contributed by atoms with Crippen LogP contribution in [0.4, 0.5) is 9.18 Å². The standard InChI is InChI=1S/C20H21ClFIN2O3/c1-20(2,3)28-19(26)25-7-6-16-13(10-25)8-17(18(23)24-16)27-11-12-4-5-14(21)9-15(12)22/h4-5,8-9H,6-7,10-11H2,1-3H3. The van der Waals surface area contributed by atoms with Gasteiger partial charge in [-0.15, -0.1) is 0 Å². The van der Waals surface area contributed by atoms with Crippen molar-refractivity contribution in [1.82, 2.24) is 9.88 Å². The Labute approximate surface area is 182 Å². The molecule has 0 fully saturated rings. The lowest BCUT2D eigenvalue weighted by atomic mass is 10.1. The maximum absolute atomic E-state index is 14.0. The molecule has 1 aliphatic heterocycles. The lowest BCUT2D eigenvalue weighted by Gasteiger charge is -2.31. The first-order valence-corrected chi connectivity index (χ1v) is 10.3. The number of halogens is 3. The number of fused-ring (bicyclic) bond motifs is 1. The van der Waals surface area contributed by atoms with Gasteiger partial charge in [-0.05, 0) is 67.1 Å². The summed E-state index contributed by atoms with van der Waals surface area (Å²) in [6, 6.07) is 6.35. The normalized spacial score (nSPS) is 13.9. The second kappa shape index (κ2) is 8.41. The van der Waals surface area contributed by atoms with Gasteiger partial charge in [0.2, 0.25) is 0 Å². The maximum atomic E-state index is 14.0. The zero-order chi connectivity index (χ0) is 20.5. The molecule has 0 saturated carbocycles. The highest BCUT2D eigenvalue weighted by molar-refractivity contribution is 14.1. The van der Waals surface area contributed by atoms with Crippen LogP contribution < -0.4 is 4.74 Å². The van der Waals surface area contributed by atoms with Crippen LogP contribution in [0.5, 0.6) is 5.75 Å². The molecule has 0 bridgehead atoms. The molecule has 2 aromatic rings. The number of nitrogens with zero attached hydrogens (tertiary/aromatic N) is 2. The molecule has 0 N–H and O–H groups in total. The number of pyridine rings is 1. The molecule has 1 amide bonds. The molecule has 2 heterocycles. The van der Waals surface area contributed by atoms with E-state index in [1.54, 1.807) is 17.0 Å². The third kappa shape index (κ3) is 5.26. The summed E-state index contributed by atoms with van der Waals surface area (Å²) in [6.45, 7) is 6.55. The van der Waals surface area contributed by atoms with E-state index in [2.05, 4.69) is 27.6 Å². The van der Waals surface area contributed by atoms with Gasteiger partial charge in [0.15, 0.2) is 5.75 Å². The Kier molecular flexibility index (Phi) is 6.34. The summed E-state index contributed by atoms with van der Waals surface area (Å²) >= 11 is 7.89.